The second-order valence-corrected chi connectivity index (χ2v) is 8.07. The fourth-order valence-corrected chi connectivity index (χ4v) is 4.88. The van der Waals surface area contributed by atoms with Crippen LogP contribution in [-0.4, -0.2) is 23.8 Å². The molecule has 2 saturated heterocycles. The highest BCUT2D eigenvalue weighted by Gasteiger charge is 2.69. The second-order valence-electron chi connectivity index (χ2n) is 8.07. The highest BCUT2D eigenvalue weighted by atomic mass is 16.7. The number of carbonyl (C=O) groups excluding carboxylic acids is 3. The van der Waals surface area contributed by atoms with Crippen LogP contribution in [0.1, 0.15) is 48.9 Å². The lowest BCUT2D eigenvalue weighted by Gasteiger charge is -2.50. The van der Waals surface area contributed by atoms with Crippen molar-refractivity contribution in [2.75, 3.05) is 0 Å². The monoisotopic (exact) mass is 406 g/mol. The average molecular weight is 406 g/mol. The molecule has 0 radical (unpaired) electrons. The Morgan fingerprint density at radius 1 is 0.700 bits per heavy atom. The van der Waals surface area contributed by atoms with Crippen LogP contribution in [0, 0.1) is 5.41 Å². The molecule has 0 unspecified atom stereocenters. The summed E-state index contributed by atoms with van der Waals surface area (Å²) in [5.74, 6) is -2.53. The molecule has 2 aromatic carbocycles. The topological polar surface area (TPSA) is 93.7 Å². The molecule has 2 spiro atoms. The van der Waals surface area contributed by atoms with E-state index in [1.54, 1.807) is 48.5 Å². The Bertz CT molecular complexity index is 912. The number of amides is 2. The van der Waals surface area contributed by atoms with Gasteiger partial charge in [0.2, 0.25) is 5.41 Å². The van der Waals surface area contributed by atoms with Crippen LogP contribution in [0.5, 0.6) is 0 Å². The highest BCUT2D eigenvalue weighted by molar-refractivity contribution is 6.05. The van der Waals surface area contributed by atoms with Crippen LogP contribution in [0.25, 0.3) is 0 Å². The summed E-state index contributed by atoms with van der Waals surface area (Å²) in [6, 6.07) is 15.6. The minimum absolute atomic E-state index is 0.468. The van der Waals surface area contributed by atoms with E-state index in [4.69, 9.17) is 9.47 Å². The maximum Gasteiger partial charge on any atom is 0.331 e. The van der Waals surface area contributed by atoms with Gasteiger partial charge in [-0.1, -0.05) is 60.7 Å². The Morgan fingerprint density at radius 2 is 1.13 bits per heavy atom. The number of hydrogen-bond donors (Lipinski definition) is 2. The molecular formula is C23H22N2O5. The summed E-state index contributed by atoms with van der Waals surface area (Å²) in [5, 5.41) is 5.56. The number of rotatable bonds is 2. The molecule has 2 amide bonds. The van der Waals surface area contributed by atoms with Crippen LogP contribution < -0.4 is 10.6 Å². The molecule has 3 aliphatic rings. The first-order valence-electron chi connectivity index (χ1n) is 10.2. The van der Waals surface area contributed by atoms with Crippen molar-refractivity contribution in [2.24, 2.45) is 5.41 Å². The summed E-state index contributed by atoms with van der Waals surface area (Å²) in [6.07, 6.45) is 2.64. The molecule has 2 atom stereocenters. The maximum atomic E-state index is 13.7. The van der Waals surface area contributed by atoms with Gasteiger partial charge in [-0.25, -0.2) is 4.79 Å². The molecule has 30 heavy (non-hydrogen) atoms. The molecule has 2 N–H and O–H groups in total. The molecule has 1 saturated carbocycles. The molecule has 2 aromatic rings. The quantitative estimate of drug-likeness (QED) is 0.590. The molecular weight excluding hydrogens is 384 g/mol. The number of urea groups is 1. The smallest absolute Gasteiger partial charge is 0.331 e. The molecule has 7 nitrogen and oxygen atoms in total. The van der Waals surface area contributed by atoms with Crippen molar-refractivity contribution < 1.29 is 23.9 Å². The van der Waals surface area contributed by atoms with Gasteiger partial charge >= 0.3 is 18.0 Å². The number of esters is 2. The van der Waals surface area contributed by atoms with E-state index in [-0.39, 0.29) is 0 Å². The minimum atomic E-state index is -1.79. The number of ether oxygens (including phenoxy) is 2. The van der Waals surface area contributed by atoms with Crippen molar-refractivity contribution in [3.8, 4) is 0 Å². The van der Waals surface area contributed by atoms with Gasteiger partial charge in [0.1, 0.15) is 0 Å². The summed E-state index contributed by atoms with van der Waals surface area (Å²) < 4.78 is 11.7. The van der Waals surface area contributed by atoms with Crippen LogP contribution >= 0.6 is 0 Å². The number of benzene rings is 2. The Morgan fingerprint density at radius 3 is 1.57 bits per heavy atom. The van der Waals surface area contributed by atoms with Crippen molar-refractivity contribution in [2.45, 2.75) is 43.6 Å². The van der Waals surface area contributed by atoms with Gasteiger partial charge in [-0.05, 0) is 24.0 Å². The first kappa shape index (κ1) is 18.7. The average Bonchev–Trinajstić information content (AvgIpc) is 3.20. The first-order valence-corrected chi connectivity index (χ1v) is 10.2. The predicted octanol–water partition coefficient (Wildman–Crippen LogP) is 3.14. The molecule has 154 valence electrons. The van der Waals surface area contributed by atoms with E-state index in [2.05, 4.69) is 10.6 Å². The third kappa shape index (κ3) is 2.69. The van der Waals surface area contributed by atoms with E-state index in [1.165, 1.54) is 0 Å². The summed E-state index contributed by atoms with van der Waals surface area (Å²) in [5.41, 5.74) is -0.529. The Labute approximate surface area is 173 Å². The van der Waals surface area contributed by atoms with E-state index < -0.39 is 41.3 Å². The number of hydrogen-bond acceptors (Lipinski definition) is 5. The van der Waals surface area contributed by atoms with Gasteiger partial charge in [-0.15, -0.1) is 0 Å². The Hall–Kier alpha value is -3.35. The summed E-state index contributed by atoms with van der Waals surface area (Å²) in [4.78, 5) is 40.0. The molecule has 0 bridgehead atoms. The van der Waals surface area contributed by atoms with Crippen molar-refractivity contribution in [3.63, 3.8) is 0 Å². The zero-order chi connectivity index (χ0) is 20.8. The summed E-state index contributed by atoms with van der Waals surface area (Å²) in [6.45, 7) is 0. The molecule has 5 rings (SSSR count). The lowest BCUT2D eigenvalue weighted by atomic mass is 9.67. The molecule has 7 heteroatoms. The van der Waals surface area contributed by atoms with Crippen LogP contribution in [-0.2, 0) is 19.1 Å². The second kappa shape index (κ2) is 6.86. The fourth-order valence-electron chi connectivity index (χ4n) is 4.88. The van der Waals surface area contributed by atoms with Crippen molar-refractivity contribution in [3.05, 3.63) is 71.8 Å². The maximum absolute atomic E-state index is 13.7. The van der Waals surface area contributed by atoms with Crippen molar-refractivity contribution in [1.29, 1.82) is 0 Å². The van der Waals surface area contributed by atoms with E-state index in [9.17, 15) is 14.4 Å². The molecule has 3 fully saturated rings. The molecule has 2 heterocycles. The van der Waals surface area contributed by atoms with E-state index in [0.29, 0.717) is 24.0 Å². The van der Waals surface area contributed by atoms with Crippen LogP contribution in [0.15, 0.2) is 60.7 Å². The first-order chi connectivity index (χ1) is 14.6. The van der Waals surface area contributed by atoms with Crippen LogP contribution in [0.4, 0.5) is 4.79 Å². The van der Waals surface area contributed by atoms with E-state index in [1.807, 2.05) is 12.1 Å². The molecule has 1 aliphatic carbocycles. The van der Waals surface area contributed by atoms with E-state index >= 15 is 0 Å². The fraction of sp³-hybridized carbons (Fsp3) is 0.348. The Balaban J connectivity index is 1.68. The van der Waals surface area contributed by atoms with Gasteiger partial charge < -0.3 is 20.1 Å². The van der Waals surface area contributed by atoms with Gasteiger partial charge in [0.25, 0.3) is 5.79 Å². The van der Waals surface area contributed by atoms with Crippen LogP contribution in [0.2, 0.25) is 0 Å². The minimum Gasteiger partial charge on any atom is -0.421 e. The van der Waals surface area contributed by atoms with Gasteiger partial charge in [-0.3, -0.25) is 9.59 Å². The third-order valence-electron chi connectivity index (χ3n) is 6.33. The molecule has 0 aromatic heterocycles. The lowest BCUT2D eigenvalue weighted by Crippen LogP contribution is -2.69. The third-order valence-corrected chi connectivity index (χ3v) is 6.33. The zero-order valence-corrected chi connectivity index (χ0v) is 16.3. The Kier molecular flexibility index (Phi) is 4.27. The standard InChI is InChI=1S/C23H22N2O5/c26-19-23(20(27)30-22(29-19)13-7-8-14-22)17(15-9-3-1-4-10-15)24-21(28)25-18(23)16-11-5-2-6-12-16/h1-6,9-12,17-18H,7-8,13-14H2,(H2,24,25,28)/t17-,18+. The molecule has 2 aliphatic heterocycles. The summed E-state index contributed by atoms with van der Waals surface area (Å²) >= 11 is 0. The normalized spacial score (nSPS) is 26.6. The van der Waals surface area contributed by atoms with Gasteiger partial charge in [0.15, 0.2) is 0 Å². The van der Waals surface area contributed by atoms with Gasteiger partial charge in [0, 0.05) is 12.8 Å². The predicted molar refractivity (Wildman–Crippen MR) is 106 cm³/mol. The SMILES string of the molecule is O=C1N[C@H](c2ccccc2)C2(C(=O)OC3(CCCC3)OC2=O)[C@H](c2ccccc2)N1. The largest absolute Gasteiger partial charge is 0.421 e. The van der Waals surface area contributed by atoms with Crippen molar-refractivity contribution >= 4 is 18.0 Å². The number of nitrogens with one attached hydrogen (secondary N) is 2. The van der Waals surface area contributed by atoms with Gasteiger partial charge in [-0.2, -0.15) is 0 Å². The van der Waals surface area contributed by atoms with Gasteiger partial charge in [0.05, 0.1) is 12.1 Å². The zero-order valence-electron chi connectivity index (χ0n) is 16.3. The van der Waals surface area contributed by atoms with Crippen molar-refractivity contribution in [1.82, 2.24) is 10.6 Å². The highest BCUT2D eigenvalue weighted by Crippen LogP contribution is 2.54. The lowest BCUT2D eigenvalue weighted by molar-refractivity contribution is -0.266. The van der Waals surface area contributed by atoms with Crippen LogP contribution in [0.3, 0.4) is 0 Å². The number of carbonyl (C=O) groups is 3. The summed E-state index contributed by atoms with van der Waals surface area (Å²) in [7, 11) is 0. The van der Waals surface area contributed by atoms with E-state index in [0.717, 1.165) is 12.8 Å².